The van der Waals surface area contributed by atoms with E-state index in [2.05, 4.69) is 25.7 Å². The zero-order valence-corrected chi connectivity index (χ0v) is 19.9. The standard InChI is InChI=1S/C19H29F3N4O3.HI/c1-5-23-16(24-10-11-25-17(27)29-18(2,3)4)26-12-14-6-8-15(9-7-14)28-13-19(20,21)22;/h6-9H,5,10-13H2,1-4H3,(H,25,27)(H2,23,24,26);1H. The average molecular weight is 546 g/mol. The number of guanidine groups is 1. The number of benzene rings is 1. The quantitative estimate of drug-likeness (QED) is 0.200. The third-order valence-electron chi connectivity index (χ3n) is 3.18. The van der Waals surface area contributed by atoms with Crippen molar-refractivity contribution in [2.24, 2.45) is 4.99 Å². The van der Waals surface area contributed by atoms with Crippen LogP contribution in [-0.4, -0.2) is 50.1 Å². The van der Waals surface area contributed by atoms with Crippen LogP contribution in [-0.2, 0) is 11.3 Å². The van der Waals surface area contributed by atoms with Crippen molar-refractivity contribution in [1.29, 1.82) is 0 Å². The number of rotatable bonds is 8. The summed E-state index contributed by atoms with van der Waals surface area (Å²) in [5.74, 6) is 0.698. The van der Waals surface area contributed by atoms with Gasteiger partial charge in [-0.1, -0.05) is 12.1 Å². The Bertz CT molecular complexity index is 662. The second kappa shape index (κ2) is 13.4. The molecule has 0 radical (unpaired) electrons. The molecule has 1 amide bonds. The molecule has 0 unspecified atom stereocenters. The first-order valence-electron chi connectivity index (χ1n) is 9.26. The molecule has 172 valence electrons. The maximum Gasteiger partial charge on any atom is 0.422 e. The van der Waals surface area contributed by atoms with Crippen molar-refractivity contribution in [3.05, 3.63) is 29.8 Å². The Balaban J connectivity index is 0.00000841. The minimum Gasteiger partial charge on any atom is -0.484 e. The van der Waals surface area contributed by atoms with Crippen molar-refractivity contribution < 1.29 is 27.4 Å². The fraction of sp³-hybridized carbons (Fsp3) is 0.579. The molecular formula is C19H30F3IN4O3. The van der Waals surface area contributed by atoms with E-state index in [1.54, 1.807) is 32.9 Å². The van der Waals surface area contributed by atoms with E-state index in [1.807, 2.05) is 6.92 Å². The van der Waals surface area contributed by atoms with Crippen LogP contribution in [0.2, 0.25) is 0 Å². The molecule has 0 saturated heterocycles. The van der Waals surface area contributed by atoms with E-state index in [0.717, 1.165) is 5.56 Å². The third kappa shape index (κ3) is 14.1. The average Bonchev–Trinajstić information content (AvgIpc) is 2.60. The van der Waals surface area contributed by atoms with Gasteiger partial charge in [-0.05, 0) is 45.4 Å². The lowest BCUT2D eigenvalue weighted by molar-refractivity contribution is -0.153. The predicted octanol–water partition coefficient (Wildman–Crippen LogP) is 3.83. The van der Waals surface area contributed by atoms with Gasteiger partial charge in [-0.3, -0.25) is 0 Å². The molecule has 11 heteroatoms. The lowest BCUT2D eigenvalue weighted by Gasteiger charge is -2.19. The van der Waals surface area contributed by atoms with E-state index in [4.69, 9.17) is 4.74 Å². The molecule has 1 rings (SSSR count). The molecular weight excluding hydrogens is 516 g/mol. The van der Waals surface area contributed by atoms with Crippen molar-refractivity contribution in [3.8, 4) is 5.75 Å². The molecule has 3 N–H and O–H groups in total. The van der Waals surface area contributed by atoms with Crippen molar-refractivity contribution in [3.63, 3.8) is 0 Å². The summed E-state index contributed by atoms with van der Waals surface area (Å²) in [6, 6.07) is 6.26. The molecule has 0 atom stereocenters. The molecule has 1 aromatic rings. The molecule has 0 aliphatic rings. The van der Waals surface area contributed by atoms with Crippen molar-refractivity contribution in [2.75, 3.05) is 26.2 Å². The summed E-state index contributed by atoms with van der Waals surface area (Å²) in [6.45, 7) is 7.73. The van der Waals surface area contributed by atoms with Gasteiger partial charge in [0.05, 0.1) is 6.54 Å². The fourth-order valence-corrected chi connectivity index (χ4v) is 2.03. The van der Waals surface area contributed by atoms with Gasteiger partial charge in [-0.25, -0.2) is 9.79 Å². The van der Waals surface area contributed by atoms with E-state index in [1.165, 1.54) is 12.1 Å². The first-order chi connectivity index (χ1) is 13.5. The predicted molar refractivity (Wildman–Crippen MR) is 120 cm³/mol. The third-order valence-corrected chi connectivity index (χ3v) is 3.18. The minimum absolute atomic E-state index is 0. The highest BCUT2D eigenvalue weighted by molar-refractivity contribution is 14.0. The van der Waals surface area contributed by atoms with Crippen LogP contribution < -0.4 is 20.7 Å². The zero-order valence-electron chi connectivity index (χ0n) is 17.6. The summed E-state index contributed by atoms with van der Waals surface area (Å²) in [5.41, 5.74) is 0.259. The van der Waals surface area contributed by atoms with Gasteiger partial charge in [0.2, 0.25) is 0 Å². The number of aliphatic imine (C=N–C) groups is 1. The van der Waals surface area contributed by atoms with Gasteiger partial charge in [-0.2, -0.15) is 13.2 Å². The molecule has 0 heterocycles. The van der Waals surface area contributed by atoms with Gasteiger partial charge < -0.3 is 25.4 Å². The zero-order chi connectivity index (χ0) is 21.9. The Hall–Kier alpha value is -1.92. The van der Waals surface area contributed by atoms with E-state index >= 15 is 0 Å². The maximum atomic E-state index is 12.2. The summed E-state index contributed by atoms with van der Waals surface area (Å²) < 4.78 is 46.3. The van der Waals surface area contributed by atoms with Crippen molar-refractivity contribution in [2.45, 2.75) is 46.0 Å². The second-order valence-electron chi connectivity index (χ2n) is 7.10. The highest BCUT2D eigenvalue weighted by atomic mass is 127. The van der Waals surface area contributed by atoms with Crippen LogP contribution in [0.1, 0.15) is 33.3 Å². The highest BCUT2D eigenvalue weighted by Crippen LogP contribution is 2.19. The highest BCUT2D eigenvalue weighted by Gasteiger charge is 2.28. The van der Waals surface area contributed by atoms with E-state index in [-0.39, 0.29) is 29.7 Å². The number of hydrogen-bond acceptors (Lipinski definition) is 4. The molecule has 0 bridgehead atoms. The van der Waals surface area contributed by atoms with Crippen molar-refractivity contribution >= 4 is 36.0 Å². The molecule has 0 aliphatic heterocycles. The van der Waals surface area contributed by atoms with Gasteiger partial charge in [0.1, 0.15) is 11.4 Å². The summed E-state index contributed by atoms with van der Waals surface area (Å²) >= 11 is 0. The van der Waals surface area contributed by atoms with E-state index in [0.29, 0.717) is 32.1 Å². The minimum atomic E-state index is -4.37. The number of nitrogens with zero attached hydrogens (tertiary/aromatic N) is 1. The lowest BCUT2D eigenvalue weighted by Crippen LogP contribution is -2.42. The van der Waals surface area contributed by atoms with Crippen LogP contribution in [0.25, 0.3) is 0 Å². The summed E-state index contributed by atoms with van der Waals surface area (Å²) in [5, 5.41) is 8.79. The first kappa shape index (κ1) is 28.1. The van der Waals surface area contributed by atoms with Crippen LogP contribution in [0.15, 0.2) is 29.3 Å². The Morgan fingerprint density at radius 1 is 1.03 bits per heavy atom. The summed E-state index contributed by atoms with van der Waals surface area (Å²) in [4.78, 5) is 16.0. The topological polar surface area (TPSA) is 84.0 Å². The fourth-order valence-electron chi connectivity index (χ4n) is 2.03. The number of amides is 1. The Kier molecular flexibility index (Phi) is 12.5. The molecule has 0 aromatic heterocycles. The van der Waals surface area contributed by atoms with Crippen molar-refractivity contribution in [1.82, 2.24) is 16.0 Å². The number of carbonyl (C=O) groups is 1. The number of nitrogens with one attached hydrogen (secondary N) is 3. The monoisotopic (exact) mass is 546 g/mol. The normalized spacial score (nSPS) is 11.9. The molecule has 30 heavy (non-hydrogen) atoms. The Labute approximate surface area is 192 Å². The lowest BCUT2D eigenvalue weighted by atomic mass is 10.2. The SMILES string of the molecule is CCNC(=NCc1ccc(OCC(F)(F)F)cc1)NCCNC(=O)OC(C)(C)C.I. The van der Waals surface area contributed by atoms with Crippen LogP contribution in [0.3, 0.4) is 0 Å². The number of ether oxygens (including phenoxy) is 2. The largest absolute Gasteiger partial charge is 0.484 e. The second-order valence-corrected chi connectivity index (χ2v) is 7.10. The van der Waals surface area contributed by atoms with Gasteiger partial charge >= 0.3 is 12.3 Å². The summed E-state index contributed by atoms with van der Waals surface area (Å²) in [6.07, 6.45) is -4.86. The number of alkyl halides is 3. The van der Waals surface area contributed by atoms with Gasteiger partial charge in [0.15, 0.2) is 12.6 Å². The molecule has 1 aromatic carbocycles. The van der Waals surface area contributed by atoms with E-state index in [9.17, 15) is 18.0 Å². The molecule has 0 fully saturated rings. The molecule has 7 nitrogen and oxygen atoms in total. The van der Waals surface area contributed by atoms with Gasteiger partial charge in [-0.15, -0.1) is 24.0 Å². The van der Waals surface area contributed by atoms with E-state index < -0.39 is 24.5 Å². The van der Waals surface area contributed by atoms with Crippen LogP contribution in [0.5, 0.6) is 5.75 Å². The summed E-state index contributed by atoms with van der Waals surface area (Å²) in [7, 11) is 0. The molecule has 0 spiro atoms. The van der Waals surface area contributed by atoms with Gasteiger partial charge in [0, 0.05) is 19.6 Å². The molecule has 0 saturated carbocycles. The number of hydrogen-bond donors (Lipinski definition) is 3. The number of halogens is 4. The Morgan fingerprint density at radius 2 is 1.63 bits per heavy atom. The number of carbonyl (C=O) groups excluding carboxylic acids is 1. The maximum absolute atomic E-state index is 12.2. The van der Waals surface area contributed by atoms with Gasteiger partial charge in [0.25, 0.3) is 0 Å². The van der Waals surface area contributed by atoms with Crippen LogP contribution in [0.4, 0.5) is 18.0 Å². The first-order valence-corrected chi connectivity index (χ1v) is 9.26. The Morgan fingerprint density at radius 3 is 2.17 bits per heavy atom. The number of alkyl carbamates (subject to hydrolysis) is 1. The van der Waals surface area contributed by atoms with Crippen LogP contribution >= 0.6 is 24.0 Å². The van der Waals surface area contributed by atoms with Crippen LogP contribution in [0, 0.1) is 0 Å². The molecule has 0 aliphatic carbocycles. The smallest absolute Gasteiger partial charge is 0.422 e.